The SMILES string of the molecule is COC(=O)[C@@H](NC1C2CCCOC2C1(C)C)C(C)C. The lowest BCUT2D eigenvalue weighted by Gasteiger charge is -2.60. The highest BCUT2D eigenvalue weighted by atomic mass is 16.5. The Bertz CT molecular complexity index is 340. The van der Waals surface area contributed by atoms with E-state index < -0.39 is 0 Å². The molecule has 110 valence electrons. The van der Waals surface area contributed by atoms with E-state index in [-0.39, 0.29) is 23.3 Å². The first-order chi connectivity index (χ1) is 8.89. The van der Waals surface area contributed by atoms with E-state index in [4.69, 9.17) is 9.47 Å². The molecule has 1 aliphatic heterocycles. The first-order valence-electron chi connectivity index (χ1n) is 7.35. The van der Waals surface area contributed by atoms with Gasteiger partial charge in [0.25, 0.3) is 0 Å². The summed E-state index contributed by atoms with van der Waals surface area (Å²) in [6.07, 6.45) is 2.65. The largest absolute Gasteiger partial charge is 0.468 e. The molecule has 0 amide bonds. The van der Waals surface area contributed by atoms with Gasteiger partial charge in [-0.25, -0.2) is 0 Å². The maximum atomic E-state index is 11.9. The van der Waals surface area contributed by atoms with Gasteiger partial charge in [0.15, 0.2) is 0 Å². The Balaban J connectivity index is 2.06. The number of hydrogen-bond acceptors (Lipinski definition) is 4. The van der Waals surface area contributed by atoms with Crippen molar-refractivity contribution in [3.05, 3.63) is 0 Å². The molecule has 0 aromatic heterocycles. The molecule has 2 fully saturated rings. The van der Waals surface area contributed by atoms with Gasteiger partial charge in [-0.05, 0) is 18.8 Å². The number of carbonyl (C=O) groups excluding carboxylic acids is 1. The molecule has 0 spiro atoms. The molecule has 4 nitrogen and oxygen atoms in total. The number of methoxy groups -OCH3 is 1. The lowest BCUT2D eigenvalue weighted by atomic mass is 9.55. The summed E-state index contributed by atoms with van der Waals surface area (Å²) < 4.78 is 10.8. The van der Waals surface area contributed by atoms with Gasteiger partial charge in [0.05, 0.1) is 13.2 Å². The summed E-state index contributed by atoms with van der Waals surface area (Å²) in [6, 6.07) is 0.112. The zero-order valence-corrected chi connectivity index (χ0v) is 12.7. The van der Waals surface area contributed by atoms with E-state index in [9.17, 15) is 4.79 Å². The second-order valence-electron chi connectivity index (χ2n) is 6.81. The Kier molecular flexibility index (Phi) is 4.21. The molecule has 3 unspecified atom stereocenters. The number of hydrogen-bond donors (Lipinski definition) is 1. The van der Waals surface area contributed by atoms with E-state index in [1.165, 1.54) is 13.5 Å². The Labute approximate surface area is 116 Å². The zero-order chi connectivity index (χ0) is 14.2. The second-order valence-corrected chi connectivity index (χ2v) is 6.81. The summed E-state index contributed by atoms with van der Waals surface area (Å²) in [7, 11) is 1.46. The molecule has 0 aromatic carbocycles. The average Bonchev–Trinajstić information content (AvgIpc) is 2.38. The van der Waals surface area contributed by atoms with Gasteiger partial charge in [0.2, 0.25) is 0 Å². The van der Waals surface area contributed by atoms with Gasteiger partial charge in [0, 0.05) is 24.0 Å². The van der Waals surface area contributed by atoms with E-state index >= 15 is 0 Å². The molecule has 2 rings (SSSR count). The van der Waals surface area contributed by atoms with Crippen molar-refractivity contribution in [1.29, 1.82) is 0 Å². The van der Waals surface area contributed by atoms with Crippen molar-refractivity contribution in [3.8, 4) is 0 Å². The van der Waals surface area contributed by atoms with Crippen molar-refractivity contribution in [3.63, 3.8) is 0 Å². The van der Waals surface area contributed by atoms with Crippen LogP contribution in [0, 0.1) is 17.3 Å². The van der Waals surface area contributed by atoms with Crippen LogP contribution in [0.1, 0.15) is 40.5 Å². The molecule has 0 aromatic rings. The van der Waals surface area contributed by atoms with Crippen LogP contribution >= 0.6 is 0 Å². The van der Waals surface area contributed by atoms with Crippen LogP contribution in [0.25, 0.3) is 0 Å². The molecular formula is C15H27NO3. The fourth-order valence-electron chi connectivity index (χ4n) is 3.71. The molecule has 2 aliphatic rings. The Morgan fingerprint density at radius 2 is 2.11 bits per heavy atom. The standard InChI is InChI=1S/C15H27NO3/c1-9(2)11(14(17)18-5)16-12-10-7-6-8-19-13(10)15(12,3)4/h9-13,16H,6-8H2,1-5H3/t10?,11-,12?,13?/m0/s1. The molecule has 0 radical (unpaired) electrons. The summed E-state index contributed by atoms with van der Waals surface area (Å²) in [4.78, 5) is 11.9. The third-order valence-corrected chi connectivity index (χ3v) is 4.81. The van der Waals surface area contributed by atoms with E-state index in [1.54, 1.807) is 0 Å². The van der Waals surface area contributed by atoms with Crippen LogP contribution in [-0.4, -0.2) is 37.9 Å². The third kappa shape index (κ3) is 2.52. The third-order valence-electron chi connectivity index (χ3n) is 4.81. The van der Waals surface area contributed by atoms with E-state index in [1.807, 2.05) is 0 Å². The highest BCUT2D eigenvalue weighted by Crippen LogP contribution is 2.51. The van der Waals surface area contributed by atoms with Gasteiger partial charge < -0.3 is 14.8 Å². The predicted octanol–water partition coefficient (Wildman–Crippen LogP) is 1.98. The van der Waals surface area contributed by atoms with Gasteiger partial charge in [-0.2, -0.15) is 0 Å². The molecule has 1 saturated carbocycles. The summed E-state index contributed by atoms with van der Waals surface area (Å²) >= 11 is 0. The number of rotatable bonds is 4. The van der Waals surface area contributed by atoms with E-state index in [0.717, 1.165) is 13.0 Å². The van der Waals surface area contributed by atoms with E-state index in [0.29, 0.717) is 18.1 Å². The zero-order valence-electron chi connectivity index (χ0n) is 12.7. The number of carbonyl (C=O) groups is 1. The number of ether oxygens (including phenoxy) is 2. The van der Waals surface area contributed by atoms with Crippen molar-refractivity contribution < 1.29 is 14.3 Å². The summed E-state index contributed by atoms with van der Waals surface area (Å²) in [5.74, 6) is 0.604. The van der Waals surface area contributed by atoms with E-state index in [2.05, 4.69) is 33.0 Å². The van der Waals surface area contributed by atoms with Crippen LogP contribution in [0.5, 0.6) is 0 Å². The monoisotopic (exact) mass is 269 g/mol. The minimum absolute atomic E-state index is 0.0895. The van der Waals surface area contributed by atoms with Crippen LogP contribution in [0.4, 0.5) is 0 Å². The van der Waals surface area contributed by atoms with Crippen LogP contribution in [0.3, 0.4) is 0 Å². The molecule has 4 heteroatoms. The summed E-state index contributed by atoms with van der Waals surface area (Å²) in [6.45, 7) is 9.43. The van der Waals surface area contributed by atoms with Crippen LogP contribution in [0.15, 0.2) is 0 Å². The summed E-state index contributed by atoms with van der Waals surface area (Å²) in [5, 5.41) is 3.54. The maximum Gasteiger partial charge on any atom is 0.323 e. The first-order valence-corrected chi connectivity index (χ1v) is 7.35. The smallest absolute Gasteiger partial charge is 0.323 e. The number of fused-ring (bicyclic) bond motifs is 1. The molecule has 0 bridgehead atoms. The highest BCUT2D eigenvalue weighted by Gasteiger charge is 2.58. The topological polar surface area (TPSA) is 47.6 Å². The van der Waals surface area contributed by atoms with Gasteiger partial charge >= 0.3 is 5.97 Å². The Morgan fingerprint density at radius 3 is 2.68 bits per heavy atom. The molecule has 1 heterocycles. The van der Waals surface area contributed by atoms with Crippen LogP contribution in [0.2, 0.25) is 0 Å². The second kappa shape index (κ2) is 5.41. The van der Waals surface area contributed by atoms with Gasteiger partial charge in [-0.15, -0.1) is 0 Å². The van der Waals surface area contributed by atoms with Crippen LogP contribution < -0.4 is 5.32 Å². The molecule has 4 atom stereocenters. The highest BCUT2D eigenvalue weighted by molar-refractivity contribution is 5.76. The molecule has 1 saturated heterocycles. The minimum atomic E-state index is -0.225. The lowest BCUT2D eigenvalue weighted by Crippen LogP contribution is -2.71. The molecule has 1 N–H and O–H groups in total. The van der Waals surface area contributed by atoms with Gasteiger partial charge in [-0.1, -0.05) is 27.7 Å². The molecule has 1 aliphatic carbocycles. The first kappa shape index (κ1) is 14.8. The summed E-state index contributed by atoms with van der Waals surface area (Å²) in [5.41, 5.74) is 0.0895. The van der Waals surface area contributed by atoms with Crippen molar-refractivity contribution in [2.24, 2.45) is 17.3 Å². The van der Waals surface area contributed by atoms with Crippen molar-refractivity contribution >= 4 is 5.97 Å². The molecular weight excluding hydrogens is 242 g/mol. The number of esters is 1. The predicted molar refractivity (Wildman–Crippen MR) is 73.8 cm³/mol. The number of nitrogens with one attached hydrogen (secondary N) is 1. The molecule has 19 heavy (non-hydrogen) atoms. The maximum absolute atomic E-state index is 11.9. The minimum Gasteiger partial charge on any atom is -0.468 e. The van der Waals surface area contributed by atoms with Crippen molar-refractivity contribution in [2.45, 2.75) is 58.7 Å². The van der Waals surface area contributed by atoms with Gasteiger partial charge in [0.1, 0.15) is 6.04 Å². The van der Waals surface area contributed by atoms with Gasteiger partial charge in [-0.3, -0.25) is 4.79 Å². The normalized spacial score (nSPS) is 34.3. The Morgan fingerprint density at radius 1 is 1.42 bits per heavy atom. The van der Waals surface area contributed by atoms with Crippen LogP contribution in [-0.2, 0) is 14.3 Å². The Hall–Kier alpha value is -0.610. The quantitative estimate of drug-likeness (QED) is 0.793. The van der Waals surface area contributed by atoms with Crippen molar-refractivity contribution in [1.82, 2.24) is 5.32 Å². The fourth-order valence-corrected chi connectivity index (χ4v) is 3.71. The van der Waals surface area contributed by atoms with Crippen molar-refractivity contribution in [2.75, 3.05) is 13.7 Å². The average molecular weight is 269 g/mol. The lowest BCUT2D eigenvalue weighted by molar-refractivity contribution is -0.196. The fraction of sp³-hybridized carbons (Fsp3) is 0.933.